The van der Waals surface area contributed by atoms with E-state index in [0.717, 1.165) is 0 Å². The zero-order valence-electron chi connectivity index (χ0n) is 7.51. The van der Waals surface area contributed by atoms with Gasteiger partial charge in [-0.1, -0.05) is 11.6 Å². The van der Waals surface area contributed by atoms with Gasteiger partial charge in [0.2, 0.25) is 0 Å². The van der Waals surface area contributed by atoms with Crippen LogP contribution in [0.1, 0.15) is 5.56 Å². The SMILES string of the molecule is NC(Cc1c(F)ccc(Br)c1Cl)C(=O)O. The van der Waals surface area contributed by atoms with Crippen molar-refractivity contribution in [1.82, 2.24) is 0 Å². The summed E-state index contributed by atoms with van der Waals surface area (Å²) in [6, 6.07) is 1.50. The summed E-state index contributed by atoms with van der Waals surface area (Å²) >= 11 is 8.93. The lowest BCUT2D eigenvalue weighted by molar-refractivity contribution is -0.138. The molecule has 6 heteroatoms. The van der Waals surface area contributed by atoms with Crippen molar-refractivity contribution in [1.29, 1.82) is 0 Å². The Morgan fingerprint density at radius 1 is 1.67 bits per heavy atom. The van der Waals surface area contributed by atoms with Gasteiger partial charge in [-0.3, -0.25) is 4.79 Å². The van der Waals surface area contributed by atoms with Crippen molar-refractivity contribution in [2.75, 3.05) is 0 Å². The summed E-state index contributed by atoms with van der Waals surface area (Å²) < 4.78 is 13.8. The number of hydrogen-bond acceptors (Lipinski definition) is 2. The minimum absolute atomic E-state index is 0.112. The standard InChI is InChI=1S/C9H8BrClFNO2/c10-5-1-2-6(12)4(8(5)11)3-7(13)9(14)15/h1-2,7H,3,13H2,(H,14,15). The maximum absolute atomic E-state index is 13.3. The van der Waals surface area contributed by atoms with Crippen LogP contribution in [0.4, 0.5) is 4.39 Å². The Balaban J connectivity index is 3.03. The quantitative estimate of drug-likeness (QED) is 0.841. The van der Waals surface area contributed by atoms with E-state index in [0.29, 0.717) is 4.47 Å². The van der Waals surface area contributed by atoms with Gasteiger partial charge < -0.3 is 10.8 Å². The van der Waals surface area contributed by atoms with Gasteiger partial charge >= 0.3 is 5.97 Å². The van der Waals surface area contributed by atoms with Crippen molar-refractivity contribution in [3.05, 3.63) is 33.0 Å². The molecular formula is C9H8BrClFNO2. The van der Waals surface area contributed by atoms with Gasteiger partial charge in [0.15, 0.2) is 0 Å². The van der Waals surface area contributed by atoms with Crippen molar-refractivity contribution >= 4 is 33.5 Å². The number of hydrogen-bond donors (Lipinski definition) is 2. The number of carboxylic acids is 1. The molecule has 1 atom stereocenters. The first-order valence-corrected chi connectivity index (χ1v) is 5.21. The summed E-state index contributed by atoms with van der Waals surface area (Å²) in [4.78, 5) is 10.5. The molecule has 82 valence electrons. The highest BCUT2D eigenvalue weighted by atomic mass is 79.9. The van der Waals surface area contributed by atoms with E-state index in [4.69, 9.17) is 22.4 Å². The van der Waals surface area contributed by atoms with Crippen LogP contribution < -0.4 is 5.73 Å². The molecule has 0 fully saturated rings. The van der Waals surface area contributed by atoms with Gasteiger partial charge in [0.25, 0.3) is 0 Å². The first-order chi connectivity index (χ1) is 6.93. The highest BCUT2D eigenvalue weighted by Crippen LogP contribution is 2.28. The minimum Gasteiger partial charge on any atom is -0.480 e. The number of rotatable bonds is 3. The first kappa shape index (κ1) is 12.4. The van der Waals surface area contributed by atoms with E-state index in [1.54, 1.807) is 0 Å². The number of carboxylic acid groups (broad SMARTS) is 1. The van der Waals surface area contributed by atoms with Gasteiger partial charge in [-0.25, -0.2) is 4.39 Å². The summed E-state index contributed by atoms with van der Waals surface area (Å²) in [6.45, 7) is 0. The van der Waals surface area contributed by atoms with Crippen molar-refractivity contribution in [3.8, 4) is 0 Å². The predicted molar refractivity (Wildman–Crippen MR) is 58.4 cm³/mol. The molecule has 3 nitrogen and oxygen atoms in total. The maximum atomic E-state index is 13.3. The third-order valence-electron chi connectivity index (χ3n) is 1.88. The summed E-state index contributed by atoms with van der Waals surface area (Å²) in [5.74, 6) is -1.75. The van der Waals surface area contributed by atoms with Crippen LogP contribution in [0.5, 0.6) is 0 Å². The molecule has 3 N–H and O–H groups in total. The summed E-state index contributed by atoms with van der Waals surface area (Å²) in [6.07, 6.45) is -0.139. The van der Waals surface area contributed by atoms with Crippen LogP contribution in [-0.2, 0) is 11.2 Å². The third kappa shape index (κ3) is 2.90. The zero-order chi connectivity index (χ0) is 11.6. The lowest BCUT2D eigenvalue weighted by Gasteiger charge is -2.10. The topological polar surface area (TPSA) is 63.3 Å². The molecular weight excluding hydrogens is 288 g/mol. The fourth-order valence-electron chi connectivity index (χ4n) is 1.06. The van der Waals surface area contributed by atoms with E-state index in [1.165, 1.54) is 12.1 Å². The number of halogens is 3. The molecule has 0 saturated carbocycles. The molecule has 0 aliphatic rings. The number of carbonyl (C=O) groups is 1. The lowest BCUT2D eigenvalue weighted by Crippen LogP contribution is -2.32. The number of benzene rings is 1. The fraction of sp³-hybridized carbons (Fsp3) is 0.222. The largest absolute Gasteiger partial charge is 0.480 e. The average Bonchev–Trinajstić information content (AvgIpc) is 2.18. The molecule has 15 heavy (non-hydrogen) atoms. The third-order valence-corrected chi connectivity index (χ3v) is 3.20. The lowest BCUT2D eigenvalue weighted by atomic mass is 10.1. The first-order valence-electron chi connectivity index (χ1n) is 4.04. The molecule has 1 aromatic carbocycles. The van der Waals surface area contributed by atoms with E-state index in [-0.39, 0.29) is 17.0 Å². The highest BCUT2D eigenvalue weighted by Gasteiger charge is 2.18. The van der Waals surface area contributed by atoms with Crippen molar-refractivity contribution in [2.45, 2.75) is 12.5 Å². The average molecular weight is 297 g/mol. The van der Waals surface area contributed by atoms with Crippen LogP contribution in [0.25, 0.3) is 0 Å². The van der Waals surface area contributed by atoms with Crippen LogP contribution >= 0.6 is 27.5 Å². The molecule has 0 radical (unpaired) electrons. The fourth-order valence-corrected chi connectivity index (χ4v) is 1.67. The van der Waals surface area contributed by atoms with Crippen LogP contribution in [-0.4, -0.2) is 17.1 Å². The highest BCUT2D eigenvalue weighted by molar-refractivity contribution is 9.10. The normalized spacial score (nSPS) is 12.5. The Morgan fingerprint density at radius 3 is 2.80 bits per heavy atom. The van der Waals surface area contributed by atoms with Gasteiger partial charge in [-0.15, -0.1) is 0 Å². The van der Waals surface area contributed by atoms with E-state index >= 15 is 0 Å². The Bertz CT molecular complexity index is 400. The predicted octanol–water partition coefficient (Wildman–Crippen LogP) is 2.20. The van der Waals surface area contributed by atoms with Crippen molar-refractivity contribution < 1.29 is 14.3 Å². The molecule has 1 rings (SSSR count). The van der Waals surface area contributed by atoms with E-state index in [2.05, 4.69) is 15.9 Å². The van der Waals surface area contributed by atoms with E-state index in [9.17, 15) is 9.18 Å². The second kappa shape index (κ2) is 4.92. The molecule has 0 heterocycles. The molecule has 0 saturated heterocycles. The van der Waals surface area contributed by atoms with Gasteiger partial charge in [0, 0.05) is 16.5 Å². The molecule has 0 bridgehead atoms. The summed E-state index contributed by atoms with van der Waals surface area (Å²) in [7, 11) is 0. The maximum Gasteiger partial charge on any atom is 0.320 e. The second-order valence-electron chi connectivity index (χ2n) is 2.97. The zero-order valence-corrected chi connectivity index (χ0v) is 9.85. The molecule has 0 aromatic heterocycles. The number of aliphatic carboxylic acids is 1. The van der Waals surface area contributed by atoms with E-state index in [1.807, 2.05) is 0 Å². The Kier molecular flexibility index (Phi) is 4.07. The van der Waals surface area contributed by atoms with E-state index < -0.39 is 17.8 Å². The van der Waals surface area contributed by atoms with Crippen molar-refractivity contribution in [3.63, 3.8) is 0 Å². The molecule has 0 aliphatic heterocycles. The van der Waals surface area contributed by atoms with Crippen LogP contribution in [0.3, 0.4) is 0 Å². The Hall–Kier alpha value is -0.650. The van der Waals surface area contributed by atoms with Gasteiger partial charge in [0.1, 0.15) is 11.9 Å². The van der Waals surface area contributed by atoms with Crippen LogP contribution in [0.2, 0.25) is 5.02 Å². The number of nitrogens with two attached hydrogens (primary N) is 1. The smallest absolute Gasteiger partial charge is 0.320 e. The molecule has 0 amide bonds. The molecule has 0 spiro atoms. The van der Waals surface area contributed by atoms with Crippen LogP contribution in [0.15, 0.2) is 16.6 Å². The minimum atomic E-state index is -1.19. The van der Waals surface area contributed by atoms with Gasteiger partial charge in [-0.05, 0) is 28.1 Å². The van der Waals surface area contributed by atoms with Crippen LogP contribution in [0, 0.1) is 5.82 Å². The van der Waals surface area contributed by atoms with Gasteiger partial charge in [-0.2, -0.15) is 0 Å². The second-order valence-corrected chi connectivity index (χ2v) is 4.20. The Labute approximate surface area is 99.2 Å². The summed E-state index contributed by atoms with van der Waals surface area (Å²) in [5, 5.41) is 8.75. The molecule has 1 unspecified atom stereocenters. The monoisotopic (exact) mass is 295 g/mol. The molecule has 1 aromatic rings. The molecule has 0 aliphatic carbocycles. The van der Waals surface area contributed by atoms with Crippen molar-refractivity contribution in [2.24, 2.45) is 5.73 Å². The van der Waals surface area contributed by atoms with Gasteiger partial charge in [0.05, 0.1) is 5.02 Å². The summed E-state index contributed by atoms with van der Waals surface area (Å²) in [5.41, 5.74) is 5.41. The Morgan fingerprint density at radius 2 is 2.27 bits per heavy atom.